The summed E-state index contributed by atoms with van der Waals surface area (Å²) in [5.74, 6) is 0.684. The first-order valence-corrected chi connectivity index (χ1v) is 7.55. The Bertz CT molecular complexity index is 455. The zero-order valence-corrected chi connectivity index (χ0v) is 12.2. The van der Waals surface area contributed by atoms with Crippen molar-refractivity contribution in [2.45, 2.75) is 39.2 Å². The molecule has 1 N–H and O–H groups in total. The predicted octanol–water partition coefficient (Wildman–Crippen LogP) is 3.34. The van der Waals surface area contributed by atoms with E-state index in [2.05, 4.69) is 11.8 Å². The maximum atomic E-state index is 11.2. The lowest BCUT2D eigenvalue weighted by Crippen LogP contribution is -2.26. The Balaban J connectivity index is 2.29. The Morgan fingerprint density at radius 3 is 2.79 bits per heavy atom. The second-order valence-corrected chi connectivity index (χ2v) is 6.22. The lowest BCUT2D eigenvalue weighted by Gasteiger charge is -2.21. The number of rotatable bonds is 7. The van der Waals surface area contributed by atoms with Crippen molar-refractivity contribution in [1.82, 2.24) is 0 Å². The molecule has 5 nitrogen and oxygen atoms in total. The minimum atomic E-state index is -0.651. The van der Waals surface area contributed by atoms with Crippen LogP contribution in [0.15, 0.2) is 6.07 Å². The molecule has 6 heteroatoms. The average molecular weight is 284 g/mol. The molecule has 2 rings (SSSR count). The van der Waals surface area contributed by atoms with Crippen molar-refractivity contribution < 1.29 is 10.0 Å². The summed E-state index contributed by atoms with van der Waals surface area (Å²) in [5.41, 5.74) is 0.134. The van der Waals surface area contributed by atoms with E-state index < -0.39 is 6.10 Å². The van der Waals surface area contributed by atoms with Crippen LogP contribution in [0.1, 0.15) is 44.1 Å². The minimum Gasteiger partial charge on any atom is -0.388 e. The zero-order valence-electron chi connectivity index (χ0n) is 11.3. The van der Waals surface area contributed by atoms with E-state index in [0.717, 1.165) is 19.5 Å². The van der Waals surface area contributed by atoms with Crippen LogP contribution in [0, 0.1) is 16.0 Å². The first kappa shape index (κ1) is 14.3. The quantitative estimate of drug-likeness (QED) is 0.616. The van der Waals surface area contributed by atoms with Gasteiger partial charge in [0.1, 0.15) is 0 Å². The molecule has 0 spiro atoms. The minimum absolute atomic E-state index is 0.134. The molecule has 1 saturated carbocycles. The number of thiophene rings is 1. The van der Waals surface area contributed by atoms with Crippen LogP contribution in [0.25, 0.3) is 0 Å². The lowest BCUT2D eigenvalue weighted by molar-refractivity contribution is -0.383. The number of anilines is 1. The fourth-order valence-corrected chi connectivity index (χ4v) is 3.21. The van der Waals surface area contributed by atoms with Crippen LogP contribution in [-0.2, 0) is 0 Å². The first-order valence-electron chi connectivity index (χ1n) is 6.74. The Kier molecular flexibility index (Phi) is 4.42. The monoisotopic (exact) mass is 284 g/mol. The van der Waals surface area contributed by atoms with Crippen LogP contribution in [0.5, 0.6) is 0 Å². The van der Waals surface area contributed by atoms with E-state index in [9.17, 15) is 15.2 Å². The molecule has 19 heavy (non-hydrogen) atoms. The third kappa shape index (κ3) is 3.45. The summed E-state index contributed by atoms with van der Waals surface area (Å²) in [6.07, 6.45) is 2.76. The van der Waals surface area contributed by atoms with Crippen molar-refractivity contribution in [2.24, 2.45) is 5.92 Å². The van der Waals surface area contributed by atoms with Gasteiger partial charge in [-0.3, -0.25) is 10.1 Å². The average Bonchev–Trinajstić information content (AvgIpc) is 3.04. The Morgan fingerprint density at radius 1 is 1.63 bits per heavy atom. The van der Waals surface area contributed by atoms with Crippen LogP contribution in [0.2, 0.25) is 0 Å². The summed E-state index contributed by atoms with van der Waals surface area (Å²) in [7, 11) is 0. The van der Waals surface area contributed by atoms with E-state index in [1.165, 1.54) is 30.2 Å². The van der Waals surface area contributed by atoms with Crippen molar-refractivity contribution in [2.75, 3.05) is 18.0 Å². The molecule has 1 aliphatic carbocycles. The highest BCUT2D eigenvalue weighted by Crippen LogP contribution is 2.42. The third-order valence-corrected chi connectivity index (χ3v) is 4.63. The van der Waals surface area contributed by atoms with Crippen molar-refractivity contribution >= 4 is 22.0 Å². The van der Waals surface area contributed by atoms with Gasteiger partial charge in [0.25, 0.3) is 0 Å². The van der Waals surface area contributed by atoms with Gasteiger partial charge in [-0.15, -0.1) is 11.3 Å². The molecule has 1 heterocycles. The van der Waals surface area contributed by atoms with Gasteiger partial charge < -0.3 is 10.0 Å². The van der Waals surface area contributed by atoms with Crippen LogP contribution >= 0.6 is 11.3 Å². The van der Waals surface area contributed by atoms with Crippen LogP contribution in [0.4, 0.5) is 10.7 Å². The topological polar surface area (TPSA) is 66.6 Å². The van der Waals surface area contributed by atoms with Gasteiger partial charge in [-0.05, 0) is 32.1 Å². The smallest absolute Gasteiger partial charge is 0.304 e. The fraction of sp³-hybridized carbons (Fsp3) is 0.692. The first-order chi connectivity index (χ1) is 9.02. The molecule has 1 aromatic heterocycles. The van der Waals surface area contributed by atoms with E-state index in [4.69, 9.17) is 0 Å². The zero-order chi connectivity index (χ0) is 14.0. The molecular formula is C13H20N2O3S. The number of aliphatic hydroxyl groups is 1. The normalized spacial score (nSPS) is 16.4. The van der Waals surface area contributed by atoms with Gasteiger partial charge in [-0.1, -0.05) is 6.92 Å². The van der Waals surface area contributed by atoms with Crippen molar-refractivity contribution in [3.8, 4) is 0 Å². The van der Waals surface area contributed by atoms with E-state index in [1.807, 2.05) is 0 Å². The number of hydrogen-bond acceptors (Lipinski definition) is 5. The molecule has 0 bridgehead atoms. The number of aliphatic hydroxyl groups excluding tert-OH is 1. The van der Waals surface area contributed by atoms with E-state index in [-0.39, 0.29) is 10.6 Å². The van der Waals surface area contributed by atoms with Gasteiger partial charge in [0.2, 0.25) is 0 Å². The molecule has 1 aromatic rings. The standard InChI is InChI=1S/C13H20N2O3S/c1-3-6-14(8-10-4-5-10)13-11(15(17)18)7-12(19-13)9(2)16/h7,9-10,16H,3-6,8H2,1-2H3/t9-/m0/s1. The van der Waals surface area contributed by atoms with Gasteiger partial charge in [-0.25, -0.2) is 0 Å². The number of hydrogen-bond donors (Lipinski definition) is 1. The number of nitrogens with zero attached hydrogens (tertiary/aromatic N) is 2. The molecule has 0 saturated heterocycles. The Morgan fingerprint density at radius 2 is 2.32 bits per heavy atom. The molecule has 106 valence electrons. The summed E-state index contributed by atoms with van der Waals surface area (Å²) >= 11 is 1.35. The van der Waals surface area contributed by atoms with E-state index in [0.29, 0.717) is 15.8 Å². The second-order valence-electron chi connectivity index (χ2n) is 5.16. The Labute approximate surface area is 117 Å². The SMILES string of the molecule is CCCN(CC1CC1)c1sc([C@H](C)O)cc1[N+](=O)[O-]. The molecule has 1 fully saturated rings. The molecule has 0 radical (unpaired) electrons. The summed E-state index contributed by atoms with van der Waals surface area (Å²) in [6, 6.07) is 1.51. The van der Waals surface area contributed by atoms with E-state index in [1.54, 1.807) is 6.92 Å². The highest BCUT2D eigenvalue weighted by atomic mass is 32.1. The number of nitro groups is 1. The molecule has 1 atom stereocenters. The molecule has 0 aliphatic heterocycles. The lowest BCUT2D eigenvalue weighted by atomic mass is 10.3. The molecule has 0 aromatic carbocycles. The summed E-state index contributed by atoms with van der Waals surface area (Å²) in [6.45, 7) is 5.45. The third-order valence-electron chi connectivity index (χ3n) is 3.28. The summed E-state index contributed by atoms with van der Waals surface area (Å²) in [5, 5.41) is 21.5. The van der Waals surface area contributed by atoms with Gasteiger partial charge >= 0.3 is 5.69 Å². The van der Waals surface area contributed by atoms with Gasteiger partial charge in [0.05, 0.1) is 11.0 Å². The molecular weight excluding hydrogens is 264 g/mol. The summed E-state index contributed by atoms with van der Waals surface area (Å²) in [4.78, 5) is 13.6. The highest BCUT2D eigenvalue weighted by Gasteiger charge is 2.30. The van der Waals surface area contributed by atoms with Gasteiger partial charge in [-0.2, -0.15) is 0 Å². The van der Waals surface area contributed by atoms with Gasteiger partial charge in [0, 0.05) is 24.0 Å². The molecule has 1 aliphatic rings. The largest absolute Gasteiger partial charge is 0.388 e. The summed E-state index contributed by atoms with van der Waals surface area (Å²) < 4.78 is 0. The fourth-order valence-electron chi connectivity index (χ4n) is 2.11. The maximum absolute atomic E-state index is 11.2. The molecule has 0 unspecified atom stereocenters. The Hall–Kier alpha value is -1.14. The van der Waals surface area contributed by atoms with Crippen molar-refractivity contribution in [1.29, 1.82) is 0 Å². The van der Waals surface area contributed by atoms with Crippen molar-refractivity contribution in [3.05, 3.63) is 21.1 Å². The highest BCUT2D eigenvalue weighted by molar-refractivity contribution is 7.16. The maximum Gasteiger partial charge on any atom is 0.304 e. The van der Waals surface area contributed by atoms with Crippen LogP contribution in [0.3, 0.4) is 0 Å². The van der Waals surface area contributed by atoms with Crippen LogP contribution in [-0.4, -0.2) is 23.1 Å². The second kappa shape index (κ2) is 5.88. The van der Waals surface area contributed by atoms with Crippen LogP contribution < -0.4 is 4.90 Å². The molecule has 0 amide bonds. The van der Waals surface area contributed by atoms with E-state index >= 15 is 0 Å². The van der Waals surface area contributed by atoms with Gasteiger partial charge in [0.15, 0.2) is 5.00 Å². The predicted molar refractivity (Wildman–Crippen MR) is 76.8 cm³/mol. The van der Waals surface area contributed by atoms with Crippen molar-refractivity contribution in [3.63, 3.8) is 0 Å².